The molecule has 102 valence electrons. The number of fused-ring (bicyclic) bond motifs is 1. The Balaban J connectivity index is 2.07. The minimum Gasteiger partial charge on any atom is -0.496 e. The number of nitrogen functional groups attached to an aromatic ring is 1. The number of ether oxygens (including phenoxy) is 1. The molecule has 2 aromatic heterocycles. The predicted molar refractivity (Wildman–Crippen MR) is 79.0 cm³/mol. The Labute approximate surface area is 121 Å². The molecule has 0 bridgehead atoms. The number of hydrogen-bond donors (Lipinski definition) is 1. The van der Waals surface area contributed by atoms with Crippen molar-refractivity contribution in [3.63, 3.8) is 0 Å². The van der Waals surface area contributed by atoms with Gasteiger partial charge in [0.25, 0.3) is 0 Å². The van der Waals surface area contributed by atoms with Crippen LogP contribution in [-0.4, -0.2) is 21.6 Å². The second kappa shape index (κ2) is 5.02. The van der Waals surface area contributed by atoms with Crippen LogP contribution in [0.25, 0.3) is 11.0 Å². The van der Waals surface area contributed by atoms with Crippen LogP contribution in [0.5, 0.6) is 5.75 Å². The first-order chi connectivity index (χ1) is 9.69. The van der Waals surface area contributed by atoms with E-state index in [0.29, 0.717) is 11.7 Å². The molecule has 5 nitrogen and oxygen atoms in total. The van der Waals surface area contributed by atoms with E-state index < -0.39 is 0 Å². The number of aromatic nitrogens is 3. The van der Waals surface area contributed by atoms with E-state index >= 15 is 0 Å². The van der Waals surface area contributed by atoms with Gasteiger partial charge in [0.1, 0.15) is 11.3 Å². The fourth-order valence-corrected chi connectivity index (χ4v) is 2.52. The van der Waals surface area contributed by atoms with Crippen LogP contribution in [0.3, 0.4) is 0 Å². The molecular weight excluding hydrogens is 276 g/mol. The number of halogens is 1. The van der Waals surface area contributed by atoms with Crippen molar-refractivity contribution < 1.29 is 4.74 Å². The Hall–Kier alpha value is -2.27. The van der Waals surface area contributed by atoms with Gasteiger partial charge in [0.05, 0.1) is 19.2 Å². The van der Waals surface area contributed by atoms with Gasteiger partial charge in [0.15, 0.2) is 5.15 Å². The van der Waals surface area contributed by atoms with E-state index in [1.807, 2.05) is 41.1 Å². The number of benzene rings is 1. The van der Waals surface area contributed by atoms with E-state index in [1.54, 1.807) is 7.11 Å². The zero-order valence-corrected chi connectivity index (χ0v) is 11.6. The van der Waals surface area contributed by atoms with Crippen LogP contribution < -0.4 is 10.5 Å². The van der Waals surface area contributed by atoms with E-state index in [9.17, 15) is 0 Å². The lowest BCUT2D eigenvalue weighted by molar-refractivity contribution is 0.408. The molecule has 0 saturated carbocycles. The topological polar surface area (TPSA) is 66.0 Å². The van der Waals surface area contributed by atoms with Gasteiger partial charge in [0, 0.05) is 11.8 Å². The van der Waals surface area contributed by atoms with E-state index in [4.69, 9.17) is 22.1 Å². The summed E-state index contributed by atoms with van der Waals surface area (Å²) in [7, 11) is 1.66. The highest BCUT2D eigenvalue weighted by atomic mass is 35.5. The van der Waals surface area contributed by atoms with E-state index in [1.165, 1.54) is 0 Å². The van der Waals surface area contributed by atoms with Crippen LogP contribution in [0.15, 0.2) is 36.5 Å². The zero-order chi connectivity index (χ0) is 14.1. The lowest BCUT2D eigenvalue weighted by Crippen LogP contribution is -2.02. The highest BCUT2D eigenvalue weighted by molar-refractivity contribution is 6.33. The number of nitrogens with two attached hydrogens (primary N) is 1. The minimum absolute atomic E-state index is 0.178. The monoisotopic (exact) mass is 288 g/mol. The van der Waals surface area contributed by atoms with Crippen molar-refractivity contribution >= 4 is 28.6 Å². The summed E-state index contributed by atoms with van der Waals surface area (Å²) in [5.41, 5.74) is 8.16. The molecule has 0 aliphatic rings. The van der Waals surface area contributed by atoms with Crippen LogP contribution >= 0.6 is 11.6 Å². The summed E-state index contributed by atoms with van der Waals surface area (Å²) in [4.78, 5) is 8.17. The first-order valence-corrected chi connectivity index (χ1v) is 6.46. The number of rotatable bonds is 3. The Kier molecular flexibility index (Phi) is 3.20. The van der Waals surface area contributed by atoms with Crippen LogP contribution in [0.1, 0.15) is 5.56 Å². The third kappa shape index (κ3) is 2.16. The maximum atomic E-state index is 6.17. The summed E-state index contributed by atoms with van der Waals surface area (Å²) in [6.45, 7) is 0.626. The molecule has 2 heterocycles. The second-order valence-corrected chi connectivity index (χ2v) is 4.72. The zero-order valence-electron chi connectivity index (χ0n) is 10.9. The molecule has 0 spiro atoms. The molecule has 20 heavy (non-hydrogen) atoms. The van der Waals surface area contributed by atoms with E-state index in [0.717, 1.165) is 22.3 Å². The average Bonchev–Trinajstić information content (AvgIpc) is 2.82. The molecule has 2 N–H and O–H groups in total. The molecule has 6 heteroatoms. The van der Waals surface area contributed by atoms with Gasteiger partial charge in [-0.2, -0.15) is 4.98 Å². The molecule has 0 fully saturated rings. The first kappa shape index (κ1) is 12.7. The predicted octanol–water partition coefficient (Wildman–Crippen LogP) is 2.72. The third-order valence-electron chi connectivity index (χ3n) is 3.12. The van der Waals surface area contributed by atoms with Gasteiger partial charge in [-0.1, -0.05) is 29.8 Å². The van der Waals surface area contributed by atoms with Gasteiger partial charge in [-0.3, -0.25) is 0 Å². The van der Waals surface area contributed by atoms with Crippen LogP contribution in [0.2, 0.25) is 5.15 Å². The van der Waals surface area contributed by atoms with E-state index in [2.05, 4.69) is 9.97 Å². The highest BCUT2D eigenvalue weighted by Gasteiger charge is 2.11. The number of methoxy groups -OCH3 is 1. The molecular formula is C14H13ClN4O. The van der Waals surface area contributed by atoms with Crippen molar-refractivity contribution in [2.75, 3.05) is 12.8 Å². The van der Waals surface area contributed by atoms with Gasteiger partial charge >= 0.3 is 0 Å². The van der Waals surface area contributed by atoms with Crippen LogP contribution in [0.4, 0.5) is 5.95 Å². The SMILES string of the molecule is COc1ccccc1Cn1ccc2nc(N)nc(Cl)c21. The molecule has 0 aliphatic carbocycles. The Morgan fingerprint density at radius 2 is 2.05 bits per heavy atom. The van der Waals surface area contributed by atoms with Crippen molar-refractivity contribution in [3.8, 4) is 5.75 Å². The maximum Gasteiger partial charge on any atom is 0.222 e. The van der Waals surface area contributed by atoms with Gasteiger partial charge in [-0.05, 0) is 12.1 Å². The summed E-state index contributed by atoms with van der Waals surface area (Å²) in [5.74, 6) is 1.01. The standard InChI is InChI=1S/C14H13ClN4O/c1-20-11-5-3-2-4-9(11)8-19-7-6-10-12(19)13(15)18-14(16)17-10/h2-7H,8H2,1H3,(H2,16,17,18). The lowest BCUT2D eigenvalue weighted by Gasteiger charge is -2.10. The molecule has 0 atom stereocenters. The molecule has 0 radical (unpaired) electrons. The Morgan fingerprint density at radius 3 is 2.85 bits per heavy atom. The van der Waals surface area contributed by atoms with Gasteiger partial charge in [0.2, 0.25) is 5.95 Å². The number of hydrogen-bond acceptors (Lipinski definition) is 4. The summed E-state index contributed by atoms with van der Waals surface area (Å²) >= 11 is 6.17. The molecule has 0 unspecified atom stereocenters. The number of para-hydroxylation sites is 1. The average molecular weight is 289 g/mol. The summed E-state index contributed by atoms with van der Waals surface area (Å²) in [6, 6.07) is 9.72. The van der Waals surface area contributed by atoms with Gasteiger partial charge < -0.3 is 15.0 Å². The highest BCUT2D eigenvalue weighted by Crippen LogP contribution is 2.25. The minimum atomic E-state index is 0.178. The summed E-state index contributed by atoms with van der Waals surface area (Å²) in [5, 5.41) is 0.354. The Morgan fingerprint density at radius 1 is 1.25 bits per heavy atom. The molecule has 0 aliphatic heterocycles. The van der Waals surface area contributed by atoms with Gasteiger partial charge in [-0.25, -0.2) is 4.98 Å². The number of anilines is 1. The second-order valence-electron chi connectivity index (χ2n) is 4.36. The molecule has 0 amide bonds. The normalized spacial score (nSPS) is 10.9. The Bertz CT molecular complexity index is 769. The van der Waals surface area contributed by atoms with Crippen molar-refractivity contribution in [1.82, 2.24) is 14.5 Å². The maximum absolute atomic E-state index is 6.17. The lowest BCUT2D eigenvalue weighted by atomic mass is 10.2. The van der Waals surface area contributed by atoms with Crippen LogP contribution in [-0.2, 0) is 6.54 Å². The molecule has 0 saturated heterocycles. The van der Waals surface area contributed by atoms with Crippen molar-refractivity contribution in [1.29, 1.82) is 0 Å². The smallest absolute Gasteiger partial charge is 0.222 e. The van der Waals surface area contributed by atoms with Crippen molar-refractivity contribution in [3.05, 3.63) is 47.2 Å². The third-order valence-corrected chi connectivity index (χ3v) is 3.38. The molecule has 1 aromatic carbocycles. The van der Waals surface area contributed by atoms with Crippen molar-refractivity contribution in [2.24, 2.45) is 0 Å². The van der Waals surface area contributed by atoms with Crippen LogP contribution in [0, 0.1) is 0 Å². The first-order valence-electron chi connectivity index (χ1n) is 6.09. The molecule has 3 aromatic rings. The number of nitrogens with zero attached hydrogens (tertiary/aromatic N) is 3. The van der Waals surface area contributed by atoms with E-state index in [-0.39, 0.29) is 5.95 Å². The fourth-order valence-electron chi connectivity index (χ4n) is 2.23. The summed E-state index contributed by atoms with van der Waals surface area (Å²) < 4.78 is 7.34. The quantitative estimate of drug-likeness (QED) is 0.753. The van der Waals surface area contributed by atoms with Crippen molar-refractivity contribution in [2.45, 2.75) is 6.54 Å². The molecule has 3 rings (SSSR count). The largest absolute Gasteiger partial charge is 0.496 e. The fraction of sp³-hybridized carbons (Fsp3) is 0.143. The van der Waals surface area contributed by atoms with Gasteiger partial charge in [-0.15, -0.1) is 0 Å². The summed E-state index contributed by atoms with van der Waals surface area (Å²) in [6.07, 6.45) is 1.91.